The van der Waals surface area contributed by atoms with Crippen molar-refractivity contribution in [1.29, 1.82) is 0 Å². The summed E-state index contributed by atoms with van der Waals surface area (Å²) in [6.45, 7) is 5.20. The lowest BCUT2D eigenvalue weighted by Crippen LogP contribution is -2.68. The summed E-state index contributed by atoms with van der Waals surface area (Å²) >= 11 is 0. The number of hydrogen-bond acceptors (Lipinski definition) is 5. The molecular formula is C20H27NO5. The van der Waals surface area contributed by atoms with Crippen LogP contribution in [0.15, 0.2) is 24.3 Å². The highest BCUT2D eigenvalue weighted by atomic mass is 16.5. The number of aliphatic hydroxyl groups is 1. The van der Waals surface area contributed by atoms with Crippen LogP contribution in [0.3, 0.4) is 0 Å². The van der Waals surface area contributed by atoms with E-state index in [2.05, 4.69) is 0 Å². The highest BCUT2D eigenvalue weighted by Gasteiger charge is 2.56. The second-order valence-corrected chi connectivity index (χ2v) is 7.47. The second kappa shape index (κ2) is 7.18. The van der Waals surface area contributed by atoms with Crippen LogP contribution < -0.4 is 4.74 Å². The molecule has 3 fully saturated rings. The number of hydrogen-bond donors (Lipinski definition) is 1. The lowest BCUT2D eigenvalue weighted by molar-refractivity contribution is -0.212. The van der Waals surface area contributed by atoms with E-state index in [1.165, 1.54) is 0 Å². The number of amides is 1. The van der Waals surface area contributed by atoms with Crippen LogP contribution in [0, 0.1) is 11.8 Å². The molecule has 0 unspecified atom stereocenters. The molecule has 1 amide bonds. The minimum Gasteiger partial charge on any atom is -0.494 e. The molecule has 4 rings (SSSR count). The average molecular weight is 361 g/mol. The summed E-state index contributed by atoms with van der Waals surface area (Å²) in [5.74, 6) is 0.573. The molecule has 3 saturated heterocycles. The van der Waals surface area contributed by atoms with Crippen LogP contribution in [-0.2, 0) is 9.47 Å². The molecule has 0 aromatic heterocycles. The van der Waals surface area contributed by atoms with E-state index < -0.39 is 5.60 Å². The molecular weight excluding hydrogens is 334 g/mol. The number of fused-ring (bicyclic) bond motifs is 3. The SMILES string of the molecule is CCOc1cccc(C(=O)N2C[C@H]3COCC[C@@]3(O)[C@@H]3COCC[C@@H]32)c1. The number of likely N-dealkylation sites (tertiary alicyclic amines) is 1. The fraction of sp³-hybridized carbons (Fsp3) is 0.650. The van der Waals surface area contributed by atoms with E-state index in [9.17, 15) is 9.90 Å². The summed E-state index contributed by atoms with van der Waals surface area (Å²) < 4.78 is 16.8. The fourth-order valence-electron chi connectivity index (χ4n) is 4.74. The van der Waals surface area contributed by atoms with Gasteiger partial charge in [0.2, 0.25) is 0 Å². The summed E-state index contributed by atoms with van der Waals surface area (Å²) in [5.41, 5.74) is -0.170. The maximum Gasteiger partial charge on any atom is 0.254 e. The Balaban J connectivity index is 1.63. The van der Waals surface area contributed by atoms with Crippen molar-refractivity contribution in [2.45, 2.75) is 31.4 Å². The maximum atomic E-state index is 13.3. The van der Waals surface area contributed by atoms with Crippen molar-refractivity contribution in [1.82, 2.24) is 4.90 Å². The number of piperidine rings is 1. The third-order valence-corrected chi connectivity index (χ3v) is 6.11. The first-order valence-electron chi connectivity index (χ1n) is 9.55. The summed E-state index contributed by atoms with van der Waals surface area (Å²) in [4.78, 5) is 15.2. The first-order valence-corrected chi connectivity index (χ1v) is 9.55. The van der Waals surface area contributed by atoms with E-state index in [1.807, 2.05) is 30.0 Å². The van der Waals surface area contributed by atoms with Gasteiger partial charge in [0, 0.05) is 49.6 Å². The first-order chi connectivity index (χ1) is 12.6. The van der Waals surface area contributed by atoms with Crippen LogP contribution in [0.2, 0.25) is 0 Å². The van der Waals surface area contributed by atoms with Crippen LogP contribution in [0.1, 0.15) is 30.1 Å². The van der Waals surface area contributed by atoms with Gasteiger partial charge in [-0.3, -0.25) is 4.79 Å². The first kappa shape index (κ1) is 17.8. The van der Waals surface area contributed by atoms with E-state index in [0.29, 0.717) is 57.3 Å². The quantitative estimate of drug-likeness (QED) is 0.888. The van der Waals surface area contributed by atoms with Crippen molar-refractivity contribution in [2.24, 2.45) is 11.8 Å². The third kappa shape index (κ3) is 3.00. The largest absolute Gasteiger partial charge is 0.494 e. The van der Waals surface area contributed by atoms with Gasteiger partial charge in [0.15, 0.2) is 0 Å². The average Bonchev–Trinajstić information content (AvgIpc) is 2.67. The van der Waals surface area contributed by atoms with Gasteiger partial charge in [-0.05, 0) is 31.5 Å². The minimum atomic E-state index is -0.798. The Kier molecular flexibility index (Phi) is 4.90. The van der Waals surface area contributed by atoms with Gasteiger partial charge in [-0.15, -0.1) is 0 Å². The van der Waals surface area contributed by atoms with Crippen LogP contribution in [0.25, 0.3) is 0 Å². The summed E-state index contributed by atoms with van der Waals surface area (Å²) in [6, 6.07) is 7.35. The van der Waals surface area contributed by atoms with Crippen molar-refractivity contribution in [3.63, 3.8) is 0 Å². The topological polar surface area (TPSA) is 68.2 Å². The van der Waals surface area contributed by atoms with Crippen LogP contribution >= 0.6 is 0 Å². The second-order valence-electron chi connectivity index (χ2n) is 7.47. The molecule has 1 aromatic carbocycles. The van der Waals surface area contributed by atoms with Crippen LogP contribution in [0.5, 0.6) is 5.75 Å². The van der Waals surface area contributed by atoms with E-state index in [4.69, 9.17) is 14.2 Å². The van der Waals surface area contributed by atoms with Crippen molar-refractivity contribution in [2.75, 3.05) is 39.6 Å². The molecule has 0 spiro atoms. The summed E-state index contributed by atoms with van der Waals surface area (Å²) in [6.07, 6.45) is 1.38. The molecule has 1 N–H and O–H groups in total. The zero-order chi connectivity index (χ0) is 18.1. The number of benzene rings is 1. The number of nitrogens with zero attached hydrogens (tertiary/aromatic N) is 1. The van der Waals surface area contributed by atoms with Gasteiger partial charge in [0.1, 0.15) is 5.75 Å². The van der Waals surface area contributed by atoms with Crippen molar-refractivity contribution >= 4 is 5.91 Å². The lowest BCUT2D eigenvalue weighted by atomic mass is 9.66. The summed E-state index contributed by atoms with van der Waals surface area (Å²) in [5, 5.41) is 11.4. The normalized spacial score (nSPS) is 33.9. The molecule has 4 atom stereocenters. The highest BCUT2D eigenvalue weighted by Crippen LogP contribution is 2.44. The van der Waals surface area contributed by atoms with Crippen molar-refractivity contribution < 1.29 is 24.1 Å². The van der Waals surface area contributed by atoms with Crippen LogP contribution in [0.4, 0.5) is 0 Å². The molecule has 0 bridgehead atoms. The molecule has 0 radical (unpaired) electrons. The fourth-order valence-corrected chi connectivity index (χ4v) is 4.74. The van der Waals surface area contributed by atoms with E-state index in [1.54, 1.807) is 6.07 Å². The smallest absolute Gasteiger partial charge is 0.254 e. The Morgan fingerprint density at radius 3 is 3.04 bits per heavy atom. The standard InChI is InChI=1S/C20H27NO5/c1-2-26-16-5-3-4-14(10-16)19(22)21-11-15-12-25-9-7-20(15,23)17-13-24-8-6-18(17)21/h3-5,10,15,17-18,23H,2,6-9,11-13H2,1H3/t15-,17+,18-,20-/m0/s1. The van der Waals surface area contributed by atoms with Gasteiger partial charge in [0.05, 0.1) is 25.4 Å². The number of carbonyl (C=O) groups is 1. The maximum absolute atomic E-state index is 13.3. The molecule has 6 nitrogen and oxygen atoms in total. The number of rotatable bonds is 3. The van der Waals surface area contributed by atoms with Gasteiger partial charge >= 0.3 is 0 Å². The Morgan fingerprint density at radius 1 is 1.35 bits per heavy atom. The number of ether oxygens (including phenoxy) is 3. The van der Waals surface area contributed by atoms with E-state index >= 15 is 0 Å². The van der Waals surface area contributed by atoms with E-state index in [0.717, 1.165) is 6.42 Å². The Bertz CT molecular complexity index is 665. The predicted molar refractivity (Wildman–Crippen MR) is 95.2 cm³/mol. The molecule has 0 saturated carbocycles. The Morgan fingerprint density at radius 2 is 2.19 bits per heavy atom. The molecule has 3 aliphatic heterocycles. The molecule has 3 aliphatic rings. The molecule has 1 aromatic rings. The van der Waals surface area contributed by atoms with Gasteiger partial charge in [-0.25, -0.2) is 0 Å². The van der Waals surface area contributed by atoms with Crippen molar-refractivity contribution in [3.8, 4) is 5.75 Å². The Hall–Kier alpha value is -1.63. The number of carbonyl (C=O) groups excluding carboxylic acids is 1. The lowest BCUT2D eigenvalue weighted by Gasteiger charge is -2.57. The van der Waals surface area contributed by atoms with Gasteiger partial charge in [-0.1, -0.05) is 6.07 Å². The van der Waals surface area contributed by atoms with Gasteiger partial charge in [-0.2, -0.15) is 0 Å². The monoisotopic (exact) mass is 361 g/mol. The third-order valence-electron chi connectivity index (χ3n) is 6.11. The molecule has 142 valence electrons. The van der Waals surface area contributed by atoms with Gasteiger partial charge < -0.3 is 24.2 Å². The molecule has 26 heavy (non-hydrogen) atoms. The Labute approximate surface area is 154 Å². The van der Waals surface area contributed by atoms with Gasteiger partial charge in [0.25, 0.3) is 5.91 Å². The van der Waals surface area contributed by atoms with E-state index in [-0.39, 0.29) is 23.8 Å². The summed E-state index contributed by atoms with van der Waals surface area (Å²) in [7, 11) is 0. The minimum absolute atomic E-state index is 0.00363. The molecule has 3 heterocycles. The molecule has 0 aliphatic carbocycles. The van der Waals surface area contributed by atoms with Crippen LogP contribution in [-0.4, -0.2) is 67.1 Å². The predicted octanol–water partition coefficient (Wildman–Crippen LogP) is 1.71. The zero-order valence-electron chi connectivity index (χ0n) is 15.2. The zero-order valence-corrected chi connectivity index (χ0v) is 15.2. The molecule has 6 heteroatoms. The highest BCUT2D eigenvalue weighted by molar-refractivity contribution is 5.95. The van der Waals surface area contributed by atoms with Crippen molar-refractivity contribution in [3.05, 3.63) is 29.8 Å².